The lowest BCUT2D eigenvalue weighted by atomic mass is 10.2. The van der Waals surface area contributed by atoms with Crippen LogP contribution in [0.5, 0.6) is 0 Å². The summed E-state index contributed by atoms with van der Waals surface area (Å²) >= 11 is 0. The highest BCUT2D eigenvalue weighted by Gasteiger charge is 2.27. The first-order valence-electron chi connectivity index (χ1n) is 6.91. The van der Waals surface area contributed by atoms with E-state index in [0.717, 1.165) is 25.9 Å². The summed E-state index contributed by atoms with van der Waals surface area (Å²) in [6.45, 7) is 8.35. The number of piperazine rings is 1. The summed E-state index contributed by atoms with van der Waals surface area (Å²) in [4.78, 5) is 20.1. The first-order chi connectivity index (χ1) is 8.85. The minimum atomic E-state index is -0.444. The molecule has 1 saturated heterocycles. The minimum Gasteiger partial charge on any atom is -0.444 e. The molecule has 1 saturated carbocycles. The second-order valence-corrected chi connectivity index (χ2v) is 6.17. The van der Waals surface area contributed by atoms with E-state index in [2.05, 4.69) is 4.99 Å². The number of carbonyl (C=O) groups is 1. The summed E-state index contributed by atoms with van der Waals surface area (Å²) < 4.78 is 5.35. The van der Waals surface area contributed by atoms with Crippen LogP contribution in [0.25, 0.3) is 0 Å². The van der Waals surface area contributed by atoms with Gasteiger partial charge in [-0.3, -0.25) is 0 Å². The minimum absolute atomic E-state index is 0. The molecule has 0 aromatic rings. The van der Waals surface area contributed by atoms with Crippen LogP contribution in [0.15, 0.2) is 4.99 Å². The summed E-state index contributed by atoms with van der Waals surface area (Å²) in [6.07, 6.45) is 2.06. The highest BCUT2D eigenvalue weighted by molar-refractivity contribution is 14.0. The summed E-state index contributed by atoms with van der Waals surface area (Å²) in [5, 5.41) is 0. The molecule has 2 aliphatic rings. The van der Waals surface area contributed by atoms with Crippen molar-refractivity contribution in [3.63, 3.8) is 0 Å². The Morgan fingerprint density at radius 1 is 1.15 bits per heavy atom. The average Bonchev–Trinajstić information content (AvgIpc) is 3.11. The van der Waals surface area contributed by atoms with Crippen molar-refractivity contribution in [2.75, 3.05) is 26.2 Å². The van der Waals surface area contributed by atoms with Gasteiger partial charge in [0.05, 0.1) is 6.04 Å². The highest BCUT2D eigenvalue weighted by atomic mass is 127. The molecule has 0 atom stereocenters. The van der Waals surface area contributed by atoms with E-state index in [9.17, 15) is 4.79 Å². The van der Waals surface area contributed by atoms with Gasteiger partial charge in [-0.05, 0) is 33.6 Å². The van der Waals surface area contributed by atoms with Gasteiger partial charge in [0.25, 0.3) is 0 Å². The Bertz CT molecular complexity index is 369. The number of nitrogens with zero attached hydrogens (tertiary/aromatic N) is 3. The van der Waals surface area contributed by atoms with Gasteiger partial charge in [0.2, 0.25) is 0 Å². The molecule has 1 amide bonds. The van der Waals surface area contributed by atoms with E-state index in [1.807, 2.05) is 25.7 Å². The molecule has 1 heterocycles. The van der Waals surface area contributed by atoms with E-state index < -0.39 is 5.60 Å². The van der Waals surface area contributed by atoms with E-state index in [0.29, 0.717) is 25.1 Å². The molecule has 0 bridgehead atoms. The number of halogens is 1. The number of guanidine groups is 1. The highest BCUT2D eigenvalue weighted by Crippen LogP contribution is 2.23. The van der Waals surface area contributed by atoms with Crippen LogP contribution in [0.3, 0.4) is 0 Å². The zero-order valence-electron chi connectivity index (χ0n) is 12.5. The maximum Gasteiger partial charge on any atom is 0.410 e. The Hall–Kier alpha value is -0.730. The van der Waals surface area contributed by atoms with E-state index in [1.54, 1.807) is 4.90 Å². The molecule has 0 spiro atoms. The molecule has 2 rings (SSSR count). The standard InChI is InChI=1S/C13H24N4O2.HI/c1-13(2,3)19-12(18)17-8-6-16(7-9-17)11(14)15-10-4-5-10;/h10H,4-9H2,1-3H3,(H2,14,15);1H. The van der Waals surface area contributed by atoms with Crippen molar-refractivity contribution in [3.8, 4) is 0 Å². The van der Waals surface area contributed by atoms with Gasteiger partial charge in [-0.15, -0.1) is 24.0 Å². The molecule has 6 nitrogen and oxygen atoms in total. The number of ether oxygens (including phenoxy) is 1. The van der Waals surface area contributed by atoms with Crippen molar-refractivity contribution in [2.45, 2.75) is 45.3 Å². The molecule has 20 heavy (non-hydrogen) atoms. The van der Waals surface area contributed by atoms with Gasteiger partial charge in [-0.2, -0.15) is 0 Å². The molecule has 1 aliphatic heterocycles. The molecule has 2 fully saturated rings. The van der Waals surface area contributed by atoms with Crippen LogP contribution in [-0.2, 0) is 4.74 Å². The topological polar surface area (TPSA) is 71.2 Å². The Morgan fingerprint density at radius 2 is 1.65 bits per heavy atom. The Balaban J connectivity index is 0.00000200. The average molecular weight is 396 g/mol. The van der Waals surface area contributed by atoms with Crippen molar-refractivity contribution in [1.82, 2.24) is 9.80 Å². The van der Waals surface area contributed by atoms with E-state index in [4.69, 9.17) is 10.5 Å². The summed E-state index contributed by atoms with van der Waals surface area (Å²) in [5.41, 5.74) is 5.51. The van der Waals surface area contributed by atoms with Crippen LogP contribution in [-0.4, -0.2) is 59.7 Å². The first-order valence-corrected chi connectivity index (χ1v) is 6.91. The summed E-state index contributed by atoms with van der Waals surface area (Å²) in [5.74, 6) is 0.617. The van der Waals surface area contributed by atoms with E-state index in [-0.39, 0.29) is 30.1 Å². The maximum absolute atomic E-state index is 11.9. The second kappa shape index (κ2) is 6.82. The van der Waals surface area contributed by atoms with Gasteiger partial charge in [0, 0.05) is 26.2 Å². The summed E-state index contributed by atoms with van der Waals surface area (Å²) in [6, 6.07) is 0.434. The quantitative estimate of drug-likeness (QED) is 0.416. The Labute approximate surface area is 137 Å². The molecule has 1 aliphatic carbocycles. The molecule has 7 heteroatoms. The number of nitrogens with two attached hydrogens (primary N) is 1. The predicted octanol–water partition coefficient (Wildman–Crippen LogP) is 1.63. The van der Waals surface area contributed by atoms with Gasteiger partial charge in [-0.1, -0.05) is 0 Å². The Morgan fingerprint density at radius 3 is 2.10 bits per heavy atom. The van der Waals surface area contributed by atoms with Crippen molar-refractivity contribution in [3.05, 3.63) is 0 Å². The van der Waals surface area contributed by atoms with Crippen LogP contribution in [0, 0.1) is 0 Å². The van der Waals surface area contributed by atoms with Crippen LogP contribution in [0.4, 0.5) is 4.79 Å². The maximum atomic E-state index is 11.9. The third-order valence-corrected chi connectivity index (χ3v) is 3.12. The Kier molecular flexibility index (Phi) is 5.91. The van der Waals surface area contributed by atoms with E-state index >= 15 is 0 Å². The van der Waals surface area contributed by atoms with Gasteiger partial charge < -0.3 is 20.3 Å². The fourth-order valence-electron chi connectivity index (χ4n) is 1.92. The largest absolute Gasteiger partial charge is 0.444 e. The predicted molar refractivity (Wildman–Crippen MR) is 89.4 cm³/mol. The molecule has 2 N–H and O–H groups in total. The van der Waals surface area contributed by atoms with Gasteiger partial charge >= 0.3 is 6.09 Å². The van der Waals surface area contributed by atoms with Gasteiger partial charge in [0.1, 0.15) is 5.60 Å². The van der Waals surface area contributed by atoms with Crippen molar-refractivity contribution >= 4 is 36.0 Å². The smallest absolute Gasteiger partial charge is 0.410 e. The summed E-state index contributed by atoms with van der Waals surface area (Å²) in [7, 11) is 0. The lowest BCUT2D eigenvalue weighted by Gasteiger charge is -2.36. The molecule has 116 valence electrons. The third kappa shape index (κ3) is 5.34. The van der Waals surface area contributed by atoms with Crippen LogP contribution < -0.4 is 5.73 Å². The fourth-order valence-corrected chi connectivity index (χ4v) is 1.92. The zero-order chi connectivity index (χ0) is 14.0. The fraction of sp³-hybridized carbons (Fsp3) is 0.846. The molecule has 0 unspecified atom stereocenters. The second-order valence-electron chi connectivity index (χ2n) is 6.17. The molecular formula is C13H25IN4O2. The zero-order valence-corrected chi connectivity index (χ0v) is 14.8. The number of aliphatic imine (C=N–C) groups is 1. The van der Waals surface area contributed by atoms with Crippen LogP contribution in [0.2, 0.25) is 0 Å². The molecule has 0 radical (unpaired) electrons. The van der Waals surface area contributed by atoms with Gasteiger partial charge in [0.15, 0.2) is 5.96 Å². The van der Waals surface area contributed by atoms with Crippen LogP contribution >= 0.6 is 24.0 Å². The van der Waals surface area contributed by atoms with Crippen molar-refractivity contribution in [1.29, 1.82) is 0 Å². The number of hydrogen-bond acceptors (Lipinski definition) is 3. The monoisotopic (exact) mass is 396 g/mol. The number of rotatable bonds is 1. The van der Waals surface area contributed by atoms with E-state index in [1.165, 1.54) is 0 Å². The lowest BCUT2D eigenvalue weighted by Crippen LogP contribution is -2.53. The SMILES string of the molecule is CC(C)(C)OC(=O)N1CCN(C(N)=NC2CC2)CC1.I. The number of carbonyl (C=O) groups excluding carboxylic acids is 1. The number of amides is 1. The molecule has 0 aromatic heterocycles. The van der Waals surface area contributed by atoms with Crippen molar-refractivity contribution in [2.24, 2.45) is 10.7 Å². The number of hydrogen-bond donors (Lipinski definition) is 1. The van der Waals surface area contributed by atoms with Crippen molar-refractivity contribution < 1.29 is 9.53 Å². The molecule has 0 aromatic carbocycles. The first kappa shape index (κ1) is 17.3. The molecular weight excluding hydrogens is 371 g/mol. The normalized spacial score (nSPS) is 20.4. The van der Waals surface area contributed by atoms with Crippen LogP contribution in [0.1, 0.15) is 33.6 Å². The third-order valence-electron chi connectivity index (χ3n) is 3.12. The van der Waals surface area contributed by atoms with Gasteiger partial charge in [-0.25, -0.2) is 9.79 Å². The lowest BCUT2D eigenvalue weighted by molar-refractivity contribution is 0.0186.